The summed E-state index contributed by atoms with van der Waals surface area (Å²) < 4.78 is 10.6. The minimum absolute atomic E-state index is 0.0161. The van der Waals surface area contributed by atoms with Crippen LogP contribution < -0.4 is 14.8 Å². The number of piperidine rings is 1. The molecule has 2 heterocycles. The fourth-order valence-electron chi connectivity index (χ4n) is 2.95. The molecule has 0 atom stereocenters. The Labute approximate surface area is 135 Å². The minimum atomic E-state index is -0.0179. The van der Waals surface area contributed by atoms with Gasteiger partial charge in [0, 0.05) is 31.1 Å². The summed E-state index contributed by atoms with van der Waals surface area (Å²) >= 11 is 0. The number of carbonyl (C=O) groups is 2. The number of carbonyl (C=O) groups excluding carboxylic acids is 2. The van der Waals surface area contributed by atoms with Crippen molar-refractivity contribution in [2.75, 3.05) is 26.4 Å². The second-order valence-corrected chi connectivity index (χ2v) is 5.93. The Morgan fingerprint density at radius 2 is 1.96 bits per heavy atom. The third-order valence-corrected chi connectivity index (χ3v) is 4.32. The average molecular weight is 318 g/mol. The summed E-state index contributed by atoms with van der Waals surface area (Å²) in [6, 6.07) is 5.25. The van der Waals surface area contributed by atoms with Gasteiger partial charge >= 0.3 is 0 Å². The van der Waals surface area contributed by atoms with E-state index in [-0.39, 0.29) is 24.5 Å². The smallest absolute Gasteiger partial charge is 0.253 e. The SMILES string of the molecule is CCCNC(=O)C1CCN(C(=O)c2ccc3c(c2)OCO3)CC1. The highest BCUT2D eigenvalue weighted by molar-refractivity contribution is 5.95. The van der Waals surface area contributed by atoms with E-state index in [1.165, 1.54) is 0 Å². The van der Waals surface area contributed by atoms with Gasteiger partial charge in [-0.3, -0.25) is 9.59 Å². The lowest BCUT2D eigenvalue weighted by Gasteiger charge is -2.31. The predicted molar refractivity (Wildman–Crippen MR) is 84.5 cm³/mol. The van der Waals surface area contributed by atoms with Crippen molar-refractivity contribution in [3.63, 3.8) is 0 Å². The summed E-state index contributed by atoms with van der Waals surface area (Å²) in [7, 11) is 0. The Hall–Kier alpha value is -2.24. The zero-order chi connectivity index (χ0) is 16.2. The van der Waals surface area contributed by atoms with Crippen LogP contribution in [-0.2, 0) is 4.79 Å². The van der Waals surface area contributed by atoms with Crippen LogP contribution in [-0.4, -0.2) is 43.1 Å². The Balaban J connectivity index is 1.57. The lowest BCUT2D eigenvalue weighted by molar-refractivity contribution is -0.126. The van der Waals surface area contributed by atoms with Gasteiger partial charge in [-0.25, -0.2) is 0 Å². The second kappa shape index (κ2) is 6.89. The molecule has 6 nitrogen and oxygen atoms in total. The highest BCUT2D eigenvalue weighted by Crippen LogP contribution is 2.33. The van der Waals surface area contributed by atoms with E-state index in [2.05, 4.69) is 5.32 Å². The van der Waals surface area contributed by atoms with Crippen LogP contribution in [0.5, 0.6) is 11.5 Å². The molecule has 1 aromatic rings. The molecular formula is C17H22N2O4. The molecule has 0 aliphatic carbocycles. The number of nitrogens with zero attached hydrogens (tertiary/aromatic N) is 1. The molecule has 2 amide bonds. The number of hydrogen-bond donors (Lipinski definition) is 1. The maximum atomic E-state index is 12.6. The number of fused-ring (bicyclic) bond motifs is 1. The maximum absolute atomic E-state index is 12.6. The third kappa shape index (κ3) is 3.41. The van der Waals surface area contributed by atoms with Crippen molar-refractivity contribution in [1.29, 1.82) is 0 Å². The number of amides is 2. The summed E-state index contributed by atoms with van der Waals surface area (Å²) in [6.07, 6.45) is 2.37. The molecule has 0 aromatic heterocycles. The first kappa shape index (κ1) is 15.6. The third-order valence-electron chi connectivity index (χ3n) is 4.32. The molecule has 3 rings (SSSR count). The minimum Gasteiger partial charge on any atom is -0.454 e. The summed E-state index contributed by atoms with van der Waals surface area (Å²) in [4.78, 5) is 26.4. The van der Waals surface area contributed by atoms with E-state index >= 15 is 0 Å². The molecule has 23 heavy (non-hydrogen) atoms. The van der Waals surface area contributed by atoms with E-state index in [9.17, 15) is 9.59 Å². The summed E-state index contributed by atoms with van der Waals surface area (Å²) in [6.45, 7) is 4.17. The Morgan fingerprint density at radius 1 is 1.22 bits per heavy atom. The highest BCUT2D eigenvalue weighted by atomic mass is 16.7. The summed E-state index contributed by atoms with van der Waals surface area (Å²) in [5.74, 6) is 1.40. The number of benzene rings is 1. The summed E-state index contributed by atoms with van der Waals surface area (Å²) in [5.41, 5.74) is 0.600. The van der Waals surface area contributed by atoms with Crippen molar-refractivity contribution in [2.24, 2.45) is 5.92 Å². The van der Waals surface area contributed by atoms with E-state index in [1.807, 2.05) is 6.92 Å². The fourth-order valence-corrected chi connectivity index (χ4v) is 2.95. The van der Waals surface area contributed by atoms with Crippen molar-refractivity contribution in [3.05, 3.63) is 23.8 Å². The molecule has 2 aliphatic heterocycles. The first-order valence-corrected chi connectivity index (χ1v) is 8.15. The molecule has 0 saturated carbocycles. The van der Waals surface area contributed by atoms with Gasteiger partial charge in [-0.15, -0.1) is 0 Å². The standard InChI is InChI=1S/C17H22N2O4/c1-2-7-18-16(20)12-5-8-19(9-6-12)17(21)13-3-4-14-15(10-13)23-11-22-14/h3-4,10,12H,2,5-9,11H2,1H3,(H,18,20). The maximum Gasteiger partial charge on any atom is 0.253 e. The highest BCUT2D eigenvalue weighted by Gasteiger charge is 2.28. The number of hydrogen-bond acceptors (Lipinski definition) is 4. The molecule has 1 fully saturated rings. The zero-order valence-electron chi connectivity index (χ0n) is 13.3. The Bertz CT molecular complexity index is 594. The van der Waals surface area contributed by atoms with Crippen LogP contribution in [0.2, 0.25) is 0 Å². The molecule has 0 unspecified atom stereocenters. The molecule has 0 radical (unpaired) electrons. The first-order chi connectivity index (χ1) is 11.2. The van der Waals surface area contributed by atoms with Crippen molar-refractivity contribution < 1.29 is 19.1 Å². The van der Waals surface area contributed by atoms with E-state index < -0.39 is 0 Å². The molecule has 0 spiro atoms. The molecule has 2 aliphatic rings. The Morgan fingerprint density at radius 3 is 2.70 bits per heavy atom. The molecule has 0 bridgehead atoms. The van der Waals surface area contributed by atoms with Crippen molar-refractivity contribution in [1.82, 2.24) is 10.2 Å². The number of rotatable bonds is 4. The largest absolute Gasteiger partial charge is 0.454 e. The lowest BCUT2D eigenvalue weighted by Crippen LogP contribution is -2.43. The number of nitrogens with one attached hydrogen (secondary N) is 1. The summed E-state index contributed by atoms with van der Waals surface area (Å²) in [5, 5.41) is 2.93. The lowest BCUT2D eigenvalue weighted by atomic mass is 9.95. The molecule has 6 heteroatoms. The molecular weight excluding hydrogens is 296 g/mol. The van der Waals surface area contributed by atoms with Gasteiger partial charge in [-0.2, -0.15) is 0 Å². The van der Waals surface area contributed by atoms with Gasteiger partial charge in [-0.1, -0.05) is 6.92 Å². The van der Waals surface area contributed by atoms with Gasteiger partial charge in [0.15, 0.2) is 11.5 Å². The quantitative estimate of drug-likeness (QED) is 0.919. The molecule has 124 valence electrons. The molecule has 1 aromatic carbocycles. The predicted octanol–water partition coefficient (Wildman–Crippen LogP) is 1.79. The normalized spacial score (nSPS) is 17.2. The Kier molecular flexibility index (Phi) is 4.69. The van der Waals surface area contributed by atoms with Gasteiger partial charge in [-0.05, 0) is 37.5 Å². The van der Waals surface area contributed by atoms with Crippen LogP contribution in [0.3, 0.4) is 0 Å². The van der Waals surface area contributed by atoms with Gasteiger partial charge in [0.25, 0.3) is 5.91 Å². The molecule has 1 N–H and O–H groups in total. The number of ether oxygens (including phenoxy) is 2. The van der Waals surface area contributed by atoms with E-state index in [0.29, 0.717) is 43.0 Å². The van der Waals surface area contributed by atoms with Crippen LogP contribution in [0.4, 0.5) is 0 Å². The van der Waals surface area contributed by atoms with Crippen LogP contribution in [0.15, 0.2) is 18.2 Å². The number of likely N-dealkylation sites (tertiary alicyclic amines) is 1. The molecule has 1 saturated heterocycles. The van der Waals surface area contributed by atoms with E-state index in [1.54, 1.807) is 23.1 Å². The van der Waals surface area contributed by atoms with Crippen molar-refractivity contribution >= 4 is 11.8 Å². The average Bonchev–Trinajstić information content (AvgIpc) is 3.06. The van der Waals surface area contributed by atoms with Crippen molar-refractivity contribution in [3.8, 4) is 11.5 Å². The van der Waals surface area contributed by atoms with E-state index in [0.717, 1.165) is 13.0 Å². The van der Waals surface area contributed by atoms with E-state index in [4.69, 9.17) is 9.47 Å². The van der Waals surface area contributed by atoms with Crippen LogP contribution >= 0.6 is 0 Å². The van der Waals surface area contributed by atoms with Gasteiger partial charge in [0.05, 0.1) is 0 Å². The van der Waals surface area contributed by atoms with Crippen LogP contribution in [0, 0.1) is 5.92 Å². The zero-order valence-corrected chi connectivity index (χ0v) is 13.3. The topological polar surface area (TPSA) is 67.9 Å². The van der Waals surface area contributed by atoms with Gasteiger partial charge < -0.3 is 19.7 Å². The van der Waals surface area contributed by atoms with Gasteiger partial charge in [0.1, 0.15) is 0 Å². The van der Waals surface area contributed by atoms with Crippen LogP contribution in [0.1, 0.15) is 36.5 Å². The van der Waals surface area contributed by atoms with Crippen molar-refractivity contribution in [2.45, 2.75) is 26.2 Å². The second-order valence-electron chi connectivity index (χ2n) is 5.93. The van der Waals surface area contributed by atoms with Crippen LogP contribution in [0.25, 0.3) is 0 Å². The van der Waals surface area contributed by atoms with Gasteiger partial charge in [0.2, 0.25) is 12.7 Å². The fraction of sp³-hybridized carbons (Fsp3) is 0.529. The first-order valence-electron chi connectivity index (χ1n) is 8.15. The monoisotopic (exact) mass is 318 g/mol.